The first-order valence-electron chi connectivity index (χ1n) is 10.7. The molecule has 1 atom stereocenters. The first-order chi connectivity index (χ1) is 14.5. The molecule has 9 nitrogen and oxygen atoms in total. The summed E-state index contributed by atoms with van der Waals surface area (Å²) < 4.78 is 1.90. The largest absolute Gasteiger partial charge is 0.341 e. The van der Waals surface area contributed by atoms with Gasteiger partial charge in [0.2, 0.25) is 5.91 Å². The van der Waals surface area contributed by atoms with Crippen LogP contribution in [0.1, 0.15) is 51.7 Å². The Labute approximate surface area is 176 Å². The van der Waals surface area contributed by atoms with Gasteiger partial charge in [0.05, 0.1) is 23.1 Å². The molecular formula is C21H30N8O. The number of aryl methyl sites for hydroxylation is 1. The number of aromatic amines is 1. The second-order valence-electron chi connectivity index (χ2n) is 8.59. The molecule has 1 aromatic carbocycles. The highest BCUT2D eigenvalue weighted by Gasteiger charge is 2.42. The zero-order valence-corrected chi connectivity index (χ0v) is 17.9. The lowest BCUT2D eigenvalue weighted by atomic mass is 9.87. The van der Waals surface area contributed by atoms with Gasteiger partial charge in [0.25, 0.3) is 0 Å². The van der Waals surface area contributed by atoms with Gasteiger partial charge in [-0.25, -0.2) is 9.67 Å². The maximum Gasteiger partial charge on any atom is 0.219 e. The van der Waals surface area contributed by atoms with Crippen LogP contribution in [-0.4, -0.2) is 54.1 Å². The third kappa shape index (κ3) is 4.21. The molecule has 1 saturated heterocycles. The molecule has 30 heavy (non-hydrogen) atoms. The summed E-state index contributed by atoms with van der Waals surface area (Å²) in [5.74, 6) is 2.29. The lowest BCUT2D eigenvalue weighted by Gasteiger charge is -2.42. The summed E-state index contributed by atoms with van der Waals surface area (Å²) in [6.07, 6.45) is 2.75. The molecule has 1 aliphatic rings. The topological polar surface area (TPSA) is 105 Å². The van der Waals surface area contributed by atoms with E-state index in [9.17, 15) is 4.79 Å². The Hall–Kier alpha value is -2.81. The minimum atomic E-state index is -0.511. The number of tetrazole rings is 1. The van der Waals surface area contributed by atoms with Gasteiger partial charge in [-0.2, -0.15) is 0 Å². The van der Waals surface area contributed by atoms with E-state index in [1.807, 2.05) is 33.8 Å². The normalized spacial score (nSPS) is 19.7. The van der Waals surface area contributed by atoms with E-state index < -0.39 is 5.54 Å². The molecule has 0 unspecified atom stereocenters. The number of nitrogens with one attached hydrogen (secondary N) is 2. The fourth-order valence-corrected chi connectivity index (χ4v) is 4.15. The van der Waals surface area contributed by atoms with E-state index in [2.05, 4.69) is 44.7 Å². The molecule has 3 aromatic rings. The van der Waals surface area contributed by atoms with Crippen LogP contribution < -0.4 is 5.32 Å². The minimum Gasteiger partial charge on any atom is -0.341 e. The molecule has 1 fully saturated rings. The summed E-state index contributed by atoms with van der Waals surface area (Å²) >= 11 is 0. The molecule has 0 saturated carbocycles. The number of hydrogen-bond acceptors (Lipinski definition) is 6. The minimum absolute atomic E-state index is 0.0748. The van der Waals surface area contributed by atoms with Crippen LogP contribution >= 0.6 is 0 Å². The molecule has 0 bridgehead atoms. The van der Waals surface area contributed by atoms with Crippen molar-refractivity contribution in [1.82, 2.24) is 40.4 Å². The van der Waals surface area contributed by atoms with Crippen molar-refractivity contribution in [2.45, 2.75) is 58.7 Å². The van der Waals surface area contributed by atoms with E-state index in [4.69, 9.17) is 0 Å². The van der Waals surface area contributed by atoms with Gasteiger partial charge in [0, 0.05) is 26.6 Å². The van der Waals surface area contributed by atoms with Crippen LogP contribution in [0.4, 0.5) is 0 Å². The van der Waals surface area contributed by atoms with Crippen molar-refractivity contribution in [1.29, 1.82) is 0 Å². The van der Waals surface area contributed by atoms with E-state index >= 15 is 0 Å². The van der Waals surface area contributed by atoms with Crippen molar-refractivity contribution in [3.8, 4) is 0 Å². The van der Waals surface area contributed by atoms with Gasteiger partial charge in [-0.3, -0.25) is 10.1 Å². The van der Waals surface area contributed by atoms with Crippen LogP contribution in [0.15, 0.2) is 24.3 Å². The summed E-state index contributed by atoms with van der Waals surface area (Å²) in [6.45, 7) is 8.61. The van der Waals surface area contributed by atoms with Crippen LogP contribution in [0.2, 0.25) is 0 Å². The van der Waals surface area contributed by atoms with Gasteiger partial charge in [0.15, 0.2) is 5.82 Å². The monoisotopic (exact) mass is 410 g/mol. The first-order valence-corrected chi connectivity index (χ1v) is 10.7. The number of benzene rings is 1. The number of likely N-dealkylation sites (tertiary alicyclic amines) is 1. The summed E-state index contributed by atoms with van der Waals surface area (Å²) in [5, 5.41) is 16.3. The lowest BCUT2D eigenvalue weighted by Crippen LogP contribution is -2.56. The average molecular weight is 411 g/mol. The lowest BCUT2D eigenvalue weighted by molar-refractivity contribution is -0.131. The molecule has 160 valence electrons. The fourth-order valence-electron chi connectivity index (χ4n) is 4.15. The Morgan fingerprint density at radius 2 is 2.17 bits per heavy atom. The highest BCUT2D eigenvalue weighted by atomic mass is 16.2. The third-order valence-electron chi connectivity index (χ3n) is 5.85. The molecule has 2 N–H and O–H groups in total. The SMILES string of the molecule is CC(=O)N1CCC[C@@](NCc2nc3ccccc3[nH]2)(c2nnnn2CCC(C)C)C1. The van der Waals surface area contributed by atoms with Crippen molar-refractivity contribution in [2.24, 2.45) is 5.92 Å². The van der Waals surface area contributed by atoms with Gasteiger partial charge in [0.1, 0.15) is 5.82 Å². The first kappa shape index (κ1) is 20.5. The highest BCUT2D eigenvalue weighted by Crippen LogP contribution is 2.31. The van der Waals surface area contributed by atoms with Gasteiger partial charge >= 0.3 is 0 Å². The Balaban J connectivity index is 1.62. The van der Waals surface area contributed by atoms with Crippen LogP contribution in [0.25, 0.3) is 11.0 Å². The van der Waals surface area contributed by atoms with Crippen molar-refractivity contribution in [3.05, 3.63) is 35.9 Å². The summed E-state index contributed by atoms with van der Waals surface area (Å²) in [4.78, 5) is 22.1. The molecule has 4 rings (SSSR count). The number of piperidine rings is 1. The van der Waals surface area contributed by atoms with Crippen LogP contribution in [0.3, 0.4) is 0 Å². The Kier molecular flexibility index (Phi) is 5.80. The van der Waals surface area contributed by atoms with Crippen molar-refractivity contribution < 1.29 is 4.79 Å². The van der Waals surface area contributed by atoms with Gasteiger partial charge in [-0.1, -0.05) is 26.0 Å². The Morgan fingerprint density at radius 3 is 2.93 bits per heavy atom. The molecule has 1 amide bonds. The molecule has 9 heteroatoms. The maximum atomic E-state index is 12.2. The summed E-state index contributed by atoms with van der Waals surface area (Å²) in [5.41, 5.74) is 1.45. The van der Waals surface area contributed by atoms with Crippen LogP contribution in [-0.2, 0) is 23.4 Å². The number of rotatable bonds is 7. The number of para-hydroxylation sites is 2. The zero-order chi connectivity index (χ0) is 21.1. The molecule has 1 aliphatic heterocycles. The molecule has 0 radical (unpaired) electrons. The number of nitrogens with zero attached hydrogens (tertiary/aromatic N) is 6. The van der Waals surface area contributed by atoms with Gasteiger partial charge in [-0.05, 0) is 47.7 Å². The van der Waals surface area contributed by atoms with E-state index in [-0.39, 0.29) is 5.91 Å². The average Bonchev–Trinajstić information content (AvgIpc) is 3.37. The number of imidazole rings is 1. The van der Waals surface area contributed by atoms with Crippen molar-refractivity contribution >= 4 is 16.9 Å². The number of hydrogen-bond donors (Lipinski definition) is 2. The van der Waals surface area contributed by atoms with Crippen LogP contribution in [0.5, 0.6) is 0 Å². The van der Waals surface area contributed by atoms with E-state index in [1.165, 1.54) is 0 Å². The quantitative estimate of drug-likeness (QED) is 0.619. The fraction of sp³-hybridized carbons (Fsp3) is 0.571. The molecule has 0 spiro atoms. The summed E-state index contributed by atoms with van der Waals surface area (Å²) in [7, 11) is 0. The van der Waals surface area contributed by atoms with Crippen molar-refractivity contribution in [2.75, 3.05) is 13.1 Å². The van der Waals surface area contributed by atoms with Crippen LogP contribution in [0, 0.1) is 5.92 Å². The summed E-state index contributed by atoms with van der Waals surface area (Å²) in [6, 6.07) is 7.99. The Morgan fingerprint density at radius 1 is 1.33 bits per heavy atom. The van der Waals surface area contributed by atoms with Gasteiger partial charge in [-0.15, -0.1) is 5.10 Å². The molecular weight excluding hydrogens is 380 g/mol. The predicted octanol–water partition coefficient (Wildman–Crippen LogP) is 2.22. The maximum absolute atomic E-state index is 12.2. The van der Waals surface area contributed by atoms with E-state index in [0.29, 0.717) is 19.0 Å². The number of amides is 1. The van der Waals surface area contributed by atoms with E-state index in [0.717, 1.165) is 55.0 Å². The number of carbonyl (C=O) groups is 1. The number of carbonyl (C=O) groups excluding carboxylic acids is 1. The molecule has 2 aromatic heterocycles. The standard InChI is InChI=1S/C21H30N8O/c1-15(2)9-12-29-20(25-26-27-29)21(10-6-11-28(14-21)16(3)30)22-13-19-23-17-7-4-5-8-18(17)24-19/h4-5,7-8,15,22H,6,9-14H2,1-3H3,(H,23,24)/t21-/m0/s1. The van der Waals surface area contributed by atoms with Crippen molar-refractivity contribution in [3.63, 3.8) is 0 Å². The third-order valence-corrected chi connectivity index (χ3v) is 5.85. The number of H-pyrrole nitrogens is 1. The Bertz CT molecular complexity index is 976. The van der Waals surface area contributed by atoms with Gasteiger partial charge < -0.3 is 9.88 Å². The molecule has 0 aliphatic carbocycles. The highest BCUT2D eigenvalue weighted by molar-refractivity contribution is 5.74. The number of fused-ring (bicyclic) bond motifs is 1. The molecule has 3 heterocycles. The second kappa shape index (κ2) is 8.51. The smallest absolute Gasteiger partial charge is 0.219 e. The number of aromatic nitrogens is 6. The zero-order valence-electron chi connectivity index (χ0n) is 17.9. The second-order valence-corrected chi connectivity index (χ2v) is 8.59. The van der Waals surface area contributed by atoms with E-state index in [1.54, 1.807) is 6.92 Å². The predicted molar refractivity (Wildman–Crippen MR) is 113 cm³/mol.